The van der Waals surface area contributed by atoms with Crippen LogP contribution in [-0.2, 0) is 30.9 Å². The predicted octanol–water partition coefficient (Wildman–Crippen LogP) is 4.69. The van der Waals surface area contributed by atoms with Crippen molar-refractivity contribution in [2.45, 2.75) is 95.5 Å². The number of rotatable bonds is 10. The van der Waals surface area contributed by atoms with Gasteiger partial charge in [0.05, 0.1) is 11.8 Å². The zero-order chi connectivity index (χ0) is 24.2. The molecule has 11 heteroatoms. The molecule has 0 bridgehead atoms. The number of nitrogens with one attached hydrogen (secondary N) is 1. The van der Waals surface area contributed by atoms with E-state index in [1.54, 1.807) is 6.07 Å². The highest BCUT2D eigenvalue weighted by atomic mass is 32.2. The molecule has 2 heterocycles. The zero-order valence-corrected chi connectivity index (χ0v) is 20.0. The van der Waals surface area contributed by atoms with Crippen LogP contribution >= 0.6 is 0 Å². The fourth-order valence-corrected chi connectivity index (χ4v) is 4.26. The first kappa shape index (κ1) is 26.9. The molecule has 1 aromatic heterocycles. The molecule has 0 aromatic carbocycles. The smallest absolute Gasteiger partial charge is 0.389 e. The molecule has 1 saturated heterocycles. The summed E-state index contributed by atoms with van der Waals surface area (Å²) in [4.78, 5) is 12.6. The van der Waals surface area contributed by atoms with Crippen LogP contribution < -0.4 is 5.32 Å². The van der Waals surface area contributed by atoms with Crippen LogP contribution in [0, 0.1) is 0 Å². The molecule has 0 saturated carbocycles. The summed E-state index contributed by atoms with van der Waals surface area (Å²) in [6, 6.07) is 1.57. The average molecular weight is 483 g/mol. The SMILES string of the molecule is C[C@H](OC1CCCCO1)C(C)(C)c1cc(NC(=O)C(C)(C)[S@+]([O-])CCCC(F)(F)F)on1. The summed E-state index contributed by atoms with van der Waals surface area (Å²) in [6.45, 7) is 9.30. The van der Waals surface area contributed by atoms with Crippen LogP contribution in [0.3, 0.4) is 0 Å². The molecule has 0 radical (unpaired) electrons. The highest BCUT2D eigenvalue weighted by Gasteiger charge is 2.41. The van der Waals surface area contributed by atoms with Gasteiger partial charge in [-0.15, -0.1) is 0 Å². The molecule has 1 aliphatic heterocycles. The normalized spacial score (nSPS) is 20.1. The topological polar surface area (TPSA) is 96.7 Å². The number of nitrogens with zero attached hydrogens (tertiary/aromatic N) is 1. The van der Waals surface area contributed by atoms with Gasteiger partial charge in [0.2, 0.25) is 5.88 Å². The quantitative estimate of drug-likeness (QED) is 0.486. The van der Waals surface area contributed by atoms with Crippen LogP contribution in [0.4, 0.5) is 19.1 Å². The summed E-state index contributed by atoms with van der Waals surface area (Å²) in [5.41, 5.74) is 0.00339. The maximum absolute atomic E-state index is 12.6. The summed E-state index contributed by atoms with van der Waals surface area (Å²) in [5.74, 6) is -0.782. The van der Waals surface area contributed by atoms with E-state index < -0.39 is 39.8 Å². The van der Waals surface area contributed by atoms with Crippen LogP contribution in [0.25, 0.3) is 0 Å². The number of hydrogen-bond acceptors (Lipinski definition) is 6. The molecule has 0 spiro atoms. The molecule has 32 heavy (non-hydrogen) atoms. The molecule has 1 unspecified atom stereocenters. The van der Waals surface area contributed by atoms with Crippen molar-refractivity contribution in [1.82, 2.24) is 5.16 Å². The van der Waals surface area contributed by atoms with E-state index in [2.05, 4.69) is 10.5 Å². The fraction of sp³-hybridized carbons (Fsp3) is 0.810. The first-order valence-corrected chi connectivity index (χ1v) is 12.1. The third kappa shape index (κ3) is 7.36. The van der Waals surface area contributed by atoms with Crippen molar-refractivity contribution in [3.8, 4) is 0 Å². The van der Waals surface area contributed by atoms with Crippen LogP contribution in [0.2, 0.25) is 0 Å². The number of aromatic nitrogens is 1. The molecule has 7 nitrogen and oxygen atoms in total. The molecular formula is C21H33F3N2O5S. The second-order valence-corrected chi connectivity index (χ2v) is 11.2. The minimum Gasteiger partial charge on any atom is -0.616 e. The lowest BCUT2D eigenvalue weighted by atomic mass is 9.84. The van der Waals surface area contributed by atoms with Gasteiger partial charge in [0.15, 0.2) is 11.0 Å². The van der Waals surface area contributed by atoms with Gasteiger partial charge < -0.3 is 18.5 Å². The molecular weight excluding hydrogens is 449 g/mol. The van der Waals surface area contributed by atoms with Gasteiger partial charge in [-0.25, -0.2) is 0 Å². The summed E-state index contributed by atoms with van der Waals surface area (Å²) in [6.07, 6.45) is -3.29. The summed E-state index contributed by atoms with van der Waals surface area (Å²) in [5, 5.41) is 6.58. The van der Waals surface area contributed by atoms with Crippen LogP contribution in [0.1, 0.15) is 72.4 Å². The van der Waals surface area contributed by atoms with Crippen LogP contribution in [-0.4, -0.2) is 51.3 Å². The van der Waals surface area contributed by atoms with Crippen LogP contribution in [0.5, 0.6) is 0 Å². The average Bonchev–Trinajstić information content (AvgIpc) is 3.17. The minimum atomic E-state index is -4.32. The van der Waals surface area contributed by atoms with Crippen molar-refractivity contribution in [3.63, 3.8) is 0 Å². The van der Waals surface area contributed by atoms with Crippen molar-refractivity contribution >= 4 is 23.0 Å². The molecule has 3 atom stereocenters. The number of ether oxygens (including phenoxy) is 2. The Hall–Kier alpha value is -1.30. The van der Waals surface area contributed by atoms with Gasteiger partial charge in [0.1, 0.15) is 5.75 Å². The van der Waals surface area contributed by atoms with Gasteiger partial charge in [-0.2, -0.15) is 13.2 Å². The molecule has 1 amide bonds. The lowest BCUT2D eigenvalue weighted by molar-refractivity contribution is -0.196. The van der Waals surface area contributed by atoms with E-state index in [0.29, 0.717) is 12.3 Å². The van der Waals surface area contributed by atoms with Crippen molar-refractivity contribution < 1.29 is 36.5 Å². The van der Waals surface area contributed by atoms with Gasteiger partial charge in [-0.1, -0.05) is 19.0 Å². The number of amides is 1. The number of alkyl halides is 3. The van der Waals surface area contributed by atoms with Gasteiger partial charge in [0, 0.05) is 30.9 Å². The van der Waals surface area contributed by atoms with E-state index in [0.717, 1.165) is 19.3 Å². The van der Waals surface area contributed by atoms with E-state index in [4.69, 9.17) is 14.0 Å². The number of anilines is 1. The van der Waals surface area contributed by atoms with Gasteiger partial charge in [0.25, 0.3) is 5.91 Å². The Morgan fingerprint density at radius 1 is 1.34 bits per heavy atom. The number of carbonyl (C=O) groups is 1. The molecule has 1 aliphatic rings. The molecule has 2 rings (SSSR count). The number of halogens is 3. The number of hydrogen-bond donors (Lipinski definition) is 1. The third-order valence-corrected chi connectivity index (χ3v) is 7.81. The standard InChI is InChI=1S/C21H33F3N2O5S/c1-14(30-17-9-6-7-11-29-17)19(2,3)15-13-16(31-26-15)25-18(27)20(4,5)32(28)12-8-10-21(22,23)24/h13-14,17H,6-12H2,1-5H3,(H,25,27)/t14-,17?,32+/m0/s1. The second-order valence-electron chi connectivity index (χ2n) is 9.11. The Bertz CT molecular complexity index is 748. The van der Waals surface area contributed by atoms with E-state index in [9.17, 15) is 22.5 Å². The largest absolute Gasteiger partial charge is 0.616 e. The van der Waals surface area contributed by atoms with Crippen molar-refractivity contribution in [2.75, 3.05) is 17.7 Å². The Kier molecular flexibility index (Phi) is 9.05. The summed E-state index contributed by atoms with van der Waals surface area (Å²) < 4.78 is 64.9. The third-order valence-electron chi connectivity index (χ3n) is 5.82. The Labute approximate surface area is 189 Å². The Morgan fingerprint density at radius 2 is 2.03 bits per heavy atom. The van der Waals surface area contributed by atoms with E-state index in [-0.39, 0.29) is 30.5 Å². The number of carbonyl (C=O) groups excluding carboxylic acids is 1. The molecule has 184 valence electrons. The highest BCUT2D eigenvalue weighted by molar-refractivity contribution is 7.93. The van der Waals surface area contributed by atoms with Gasteiger partial charge >= 0.3 is 6.18 Å². The molecule has 1 aromatic rings. The van der Waals surface area contributed by atoms with Crippen molar-refractivity contribution in [1.29, 1.82) is 0 Å². The predicted molar refractivity (Wildman–Crippen MR) is 115 cm³/mol. The van der Waals surface area contributed by atoms with Gasteiger partial charge in [-0.05, 0) is 51.2 Å². The fourth-order valence-electron chi connectivity index (χ4n) is 3.09. The van der Waals surface area contributed by atoms with Crippen molar-refractivity contribution in [3.05, 3.63) is 11.8 Å². The second kappa shape index (κ2) is 10.8. The van der Waals surface area contributed by atoms with Gasteiger partial charge in [-0.3, -0.25) is 10.1 Å². The summed E-state index contributed by atoms with van der Waals surface area (Å²) in [7, 11) is 0. The minimum absolute atomic E-state index is 0.0690. The summed E-state index contributed by atoms with van der Waals surface area (Å²) >= 11 is -1.80. The monoisotopic (exact) mass is 482 g/mol. The van der Waals surface area contributed by atoms with E-state index in [1.807, 2.05) is 20.8 Å². The molecule has 0 aliphatic carbocycles. The lowest BCUT2D eigenvalue weighted by Crippen LogP contribution is -2.45. The molecule has 1 N–H and O–H groups in total. The Balaban J connectivity index is 1.96. The lowest BCUT2D eigenvalue weighted by Gasteiger charge is -2.34. The molecule has 1 fully saturated rings. The highest BCUT2D eigenvalue weighted by Crippen LogP contribution is 2.32. The van der Waals surface area contributed by atoms with E-state index in [1.165, 1.54) is 13.8 Å². The first-order valence-electron chi connectivity index (χ1n) is 10.7. The maximum atomic E-state index is 12.6. The zero-order valence-electron chi connectivity index (χ0n) is 19.2. The van der Waals surface area contributed by atoms with E-state index >= 15 is 0 Å². The Morgan fingerprint density at radius 3 is 2.62 bits per heavy atom. The first-order chi connectivity index (χ1) is 14.7. The van der Waals surface area contributed by atoms with Crippen LogP contribution in [0.15, 0.2) is 10.6 Å². The maximum Gasteiger partial charge on any atom is 0.389 e. The van der Waals surface area contributed by atoms with Crippen molar-refractivity contribution in [2.24, 2.45) is 0 Å².